The molecule has 0 aliphatic carbocycles. The number of esters is 1. The van der Waals surface area contributed by atoms with E-state index in [9.17, 15) is 9.59 Å². The quantitative estimate of drug-likeness (QED) is 0.768. The lowest BCUT2D eigenvalue weighted by atomic mass is 9.97. The third kappa shape index (κ3) is 4.53. The minimum absolute atomic E-state index is 0.0418. The summed E-state index contributed by atoms with van der Waals surface area (Å²) in [5.74, 6) is -0.0214. The second-order valence-electron chi connectivity index (χ2n) is 7.21. The van der Waals surface area contributed by atoms with E-state index in [1.165, 1.54) is 0 Å². The van der Waals surface area contributed by atoms with E-state index in [1.54, 1.807) is 18.7 Å². The van der Waals surface area contributed by atoms with Gasteiger partial charge in [-0.1, -0.05) is 17.2 Å². The summed E-state index contributed by atoms with van der Waals surface area (Å²) >= 11 is 0. The molecule has 144 valence electrons. The first-order chi connectivity index (χ1) is 12.8. The molecule has 1 fully saturated rings. The molecule has 2 aromatic rings. The van der Waals surface area contributed by atoms with Crippen molar-refractivity contribution in [1.82, 2.24) is 15.1 Å². The van der Waals surface area contributed by atoms with Crippen LogP contribution < -0.4 is 0 Å². The summed E-state index contributed by atoms with van der Waals surface area (Å²) < 4.78 is 10.8. The molecule has 0 N–H and O–H groups in total. The Morgan fingerprint density at radius 2 is 1.89 bits per heavy atom. The molecule has 0 bridgehead atoms. The van der Waals surface area contributed by atoms with Gasteiger partial charge in [0.15, 0.2) is 6.10 Å². The van der Waals surface area contributed by atoms with Crippen molar-refractivity contribution in [2.75, 3.05) is 13.1 Å². The van der Waals surface area contributed by atoms with Gasteiger partial charge in [0.05, 0.1) is 5.92 Å². The molecular weight excluding hydrogens is 346 g/mol. The van der Waals surface area contributed by atoms with E-state index in [0.29, 0.717) is 31.0 Å². The van der Waals surface area contributed by atoms with E-state index in [4.69, 9.17) is 9.15 Å². The van der Waals surface area contributed by atoms with Gasteiger partial charge in [-0.3, -0.25) is 9.59 Å². The van der Waals surface area contributed by atoms with Gasteiger partial charge in [-0.15, -0.1) is 10.2 Å². The van der Waals surface area contributed by atoms with Gasteiger partial charge in [0.2, 0.25) is 5.89 Å². The molecule has 0 radical (unpaired) electrons. The monoisotopic (exact) mass is 371 g/mol. The second-order valence-corrected chi connectivity index (χ2v) is 7.21. The molecule has 1 aliphatic rings. The first-order valence-electron chi connectivity index (χ1n) is 9.21. The highest BCUT2D eigenvalue weighted by Gasteiger charge is 2.31. The van der Waals surface area contributed by atoms with Crippen LogP contribution in [-0.4, -0.2) is 40.1 Å². The van der Waals surface area contributed by atoms with Crippen LogP contribution in [-0.2, 0) is 9.53 Å². The molecule has 0 spiro atoms. The average Bonchev–Trinajstić information content (AvgIpc) is 3.07. The number of benzene rings is 1. The lowest BCUT2D eigenvalue weighted by Gasteiger charge is -2.32. The molecule has 2 heterocycles. The summed E-state index contributed by atoms with van der Waals surface area (Å²) in [5, 5.41) is 7.63. The van der Waals surface area contributed by atoms with Crippen molar-refractivity contribution in [1.29, 1.82) is 0 Å². The van der Waals surface area contributed by atoms with Crippen LogP contribution in [0.2, 0.25) is 0 Å². The number of amides is 1. The van der Waals surface area contributed by atoms with Crippen LogP contribution in [0.5, 0.6) is 0 Å². The number of aryl methyl sites for hydroxylation is 3. The normalized spacial score (nSPS) is 18.2. The van der Waals surface area contributed by atoms with Crippen LogP contribution in [0.3, 0.4) is 0 Å². The Balaban J connectivity index is 1.64. The van der Waals surface area contributed by atoms with E-state index in [0.717, 1.165) is 17.5 Å². The summed E-state index contributed by atoms with van der Waals surface area (Å²) in [7, 11) is 0. The Morgan fingerprint density at radius 3 is 2.52 bits per heavy atom. The molecule has 1 amide bonds. The second kappa shape index (κ2) is 7.90. The summed E-state index contributed by atoms with van der Waals surface area (Å²) in [6.45, 7) is 8.34. The average molecular weight is 371 g/mol. The fourth-order valence-corrected chi connectivity index (χ4v) is 3.43. The van der Waals surface area contributed by atoms with Gasteiger partial charge in [-0.2, -0.15) is 0 Å². The summed E-state index contributed by atoms with van der Waals surface area (Å²) in [6.07, 6.45) is 0.860. The topological polar surface area (TPSA) is 85.5 Å². The Kier molecular flexibility index (Phi) is 5.58. The molecule has 3 rings (SSSR count). The van der Waals surface area contributed by atoms with Crippen molar-refractivity contribution in [2.24, 2.45) is 5.92 Å². The highest BCUT2D eigenvalue weighted by atomic mass is 16.6. The van der Waals surface area contributed by atoms with Gasteiger partial charge < -0.3 is 14.1 Å². The number of aromatic nitrogens is 2. The Morgan fingerprint density at radius 1 is 1.19 bits per heavy atom. The zero-order chi connectivity index (χ0) is 19.6. The van der Waals surface area contributed by atoms with Crippen molar-refractivity contribution in [3.63, 3.8) is 0 Å². The van der Waals surface area contributed by atoms with Crippen LogP contribution in [0, 0.1) is 26.7 Å². The van der Waals surface area contributed by atoms with E-state index in [1.807, 2.05) is 32.0 Å². The first-order valence-corrected chi connectivity index (χ1v) is 9.21. The number of piperidine rings is 1. The maximum atomic E-state index is 12.9. The standard InChI is InChI=1S/C20H25N3O4/c1-12-8-13(2)10-17(9-12)19(24)23-7-5-6-16(11-23)20(25)26-14(3)18-22-21-15(4)27-18/h8-10,14,16H,5-7,11H2,1-4H3/t14-,16+/m1/s1. The van der Waals surface area contributed by atoms with Gasteiger partial charge in [-0.05, 0) is 45.7 Å². The third-order valence-electron chi connectivity index (χ3n) is 4.69. The van der Waals surface area contributed by atoms with Crippen LogP contribution in [0.4, 0.5) is 0 Å². The fraction of sp³-hybridized carbons (Fsp3) is 0.500. The maximum Gasteiger partial charge on any atom is 0.311 e. The molecule has 1 aromatic heterocycles. The van der Waals surface area contributed by atoms with Gasteiger partial charge in [0.1, 0.15) is 0 Å². The molecule has 0 saturated carbocycles. The van der Waals surface area contributed by atoms with Crippen molar-refractivity contribution in [3.05, 3.63) is 46.7 Å². The minimum Gasteiger partial charge on any atom is -0.452 e. The van der Waals surface area contributed by atoms with Gasteiger partial charge in [-0.25, -0.2) is 0 Å². The highest BCUT2D eigenvalue weighted by Crippen LogP contribution is 2.24. The molecule has 1 saturated heterocycles. The molecule has 27 heavy (non-hydrogen) atoms. The summed E-state index contributed by atoms with van der Waals surface area (Å²) in [6, 6.07) is 5.81. The number of ether oxygens (including phenoxy) is 1. The predicted molar refractivity (Wildman–Crippen MR) is 98.1 cm³/mol. The molecule has 1 aliphatic heterocycles. The first kappa shape index (κ1) is 19.1. The molecule has 0 unspecified atom stereocenters. The van der Waals surface area contributed by atoms with Crippen LogP contribution in [0.15, 0.2) is 22.6 Å². The summed E-state index contributed by atoms with van der Waals surface area (Å²) in [4.78, 5) is 27.2. The van der Waals surface area contributed by atoms with E-state index in [-0.39, 0.29) is 23.7 Å². The Bertz CT molecular complexity index is 825. The van der Waals surface area contributed by atoms with Crippen molar-refractivity contribution < 1.29 is 18.7 Å². The van der Waals surface area contributed by atoms with Gasteiger partial charge in [0, 0.05) is 25.6 Å². The smallest absolute Gasteiger partial charge is 0.311 e. The number of rotatable bonds is 4. The maximum absolute atomic E-state index is 12.9. The molecular formula is C20H25N3O4. The lowest BCUT2D eigenvalue weighted by molar-refractivity contribution is -0.156. The number of nitrogens with zero attached hydrogens (tertiary/aromatic N) is 3. The van der Waals surface area contributed by atoms with Crippen molar-refractivity contribution in [3.8, 4) is 0 Å². The number of likely N-dealkylation sites (tertiary alicyclic amines) is 1. The Hall–Kier alpha value is -2.70. The SMILES string of the molecule is Cc1cc(C)cc(C(=O)N2CCC[C@H](C(=O)O[C@H](C)c3nnc(C)o3)C2)c1. The molecule has 1 aromatic carbocycles. The lowest BCUT2D eigenvalue weighted by Crippen LogP contribution is -2.43. The summed E-state index contributed by atoms with van der Waals surface area (Å²) in [5.41, 5.74) is 2.77. The molecule has 2 atom stereocenters. The molecule has 7 heteroatoms. The zero-order valence-electron chi connectivity index (χ0n) is 16.2. The predicted octanol–water partition coefficient (Wildman–Crippen LogP) is 3.15. The van der Waals surface area contributed by atoms with E-state index < -0.39 is 6.10 Å². The van der Waals surface area contributed by atoms with Crippen LogP contribution in [0.25, 0.3) is 0 Å². The van der Waals surface area contributed by atoms with Crippen LogP contribution in [0.1, 0.15) is 59.1 Å². The zero-order valence-corrected chi connectivity index (χ0v) is 16.2. The van der Waals surface area contributed by atoms with Gasteiger partial charge >= 0.3 is 5.97 Å². The van der Waals surface area contributed by atoms with E-state index >= 15 is 0 Å². The number of hydrogen-bond donors (Lipinski definition) is 0. The van der Waals surface area contributed by atoms with Crippen LogP contribution >= 0.6 is 0 Å². The van der Waals surface area contributed by atoms with Gasteiger partial charge in [0.25, 0.3) is 11.8 Å². The number of hydrogen-bond acceptors (Lipinski definition) is 6. The minimum atomic E-state index is -0.607. The molecule has 7 nitrogen and oxygen atoms in total. The fourth-order valence-electron chi connectivity index (χ4n) is 3.43. The highest BCUT2D eigenvalue weighted by molar-refractivity contribution is 5.95. The van der Waals surface area contributed by atoms with Crippen molar-refractivity contribution in [2.45, 2.75) is 46.6 Å². The largest absolute Gasteiger partial charge is 0.452 e. The Labute approximate surface area is 158 Å². The third-order valence-corrected chi connectivity index (χ3v) is 4.69. The number of carbonyl (C=O) groups is 2. The van der Waals surface area contributed by atoms with Crippen molar-refractivity contribution >= 4 is 11.9 Å². The van der Waals surface area contributed by atoms with E-state index in [2.05, 4.69) is 10.2 Å². The number of carbonyl (C=O) groups excluding carboxylic acids is 2.